The Labute approximate surface area is 235 Å². The van der Waals surface area contributed by atoms with Crippen molar-refractivity contribution in [1.29, 1.82) is 0 Å². The van der Waals surface area contributed by atoms with E-state index < -0.39 is 62.1 Å². The van der Waals surface area contributed by atoms with Crippen LogP contribution >= 0.6 is 20.0 Å². The average molecular weight is 594 g/mol. The molecular weight excluding hydrogens is 561 g/mol. The van der Waals surface area contributed by atoms with Gasteiger partial charge in [-0.25, -0.2) is 4.57 Å². The molecular formula is C26H32N3O9PS. The van der Waals surface area contributed by atoms with Crippen LogP contribution in [0, 0.1) is 4.77 Å². The number of aromatic nitrogens is 2. The fourth-order valence-electron chi connectivity index (χ4n) is 4.28. The second kappa shape index (κ2) is 11.9. The van der Waals surface area contributed by atoms with E-state index in [0.29, 0.717) is 5.39 Å². The monoisotopic (exact) mass is 593 g/mol. The summed E-state index contributed by atoms with van der Waals surface area (Å²) in [6.45, 7) is 5.65. The number of hydrogen-bond acceptors (Lipinski definition) is 10. The average Bonchev–Trinajstić information content (AvgIpc) is 3.11. The molecule has 1 saturated heterocycles. The normalized spacial score (nSPS) is 25.0. The molecule has 2 heterocycles. The fraction of sp³-hybridized carbons (Fsp3) is 0.423. The molecule has 1 aromatic heterocycles. The summed E-state index contributed by atoms with van der Waals surface area (Å²) in [6.07, 6.45) is -2.99. The van der Waals surface area contributed by atoms with Crippen LogP contribution in [-0.4, -0.2) is 62.3 Å². The molecule has 2 aromatic carbocycles. The standard InChI is InChI=1S/C26H32N3O9PS/c1-15(2)36-23(32)16(3)28-39(34,38-19-11-7-9-17-8-5-6-10-18(17)19)35-14-20-22(31)26(4,33)24(37-20)29-13-12-21(30)27-25(29)40/h5-13,15-16,20,22,24,31,33H,14H2,1-4H3,(H,28,34)(H,27,30,40)/t16-,20+,22?,24+,26+,39?/m0/s1. The quantitative estimate of drug-likeness (QED) is 0.155. The first-order valence-corrected chi connectivity index (χ1v) is 14.5. The van der Waals surface area contributed by atoms with Crippen molar-refractivity contribution in [2.45, 2.75) is 63.9 Å². The van der Waals surface area contributed by atoms with Gasteiger partial charge in [-0.2, -0.15) is 5.09 Å². The molecule has 4 N–H and O–H groups in total. The number of carbonyl (C=O) groups is 1. The number of nitrogens with zero attached hydrogens (tertiary/aromatic N) is 1. The second-order valence-corrected chi connectivity index (χ2v) is 12.0. The van der Waals surface area contributed by atoms with E-state index >= 15 is 0 Å². The Morgan fingerprint density at radius 1 is 1.23 bits per heavy atom. The predicted octanol–water partition coefficient (Wildman–Crippen LogP) is 3.20. The maximum atomic E-state index is 14.1. The van der Waals surface area contributed by atoms with Crippen molar-refractivity contribution < 1.29 is 38.1 Å². The number of benzene rings is 2. The molecule has 2 unspecified atom stereocenters. The van der Waals surface area contributed by atoms with E-state index in [-0.39, 0.29) is 10.5 Å². The Balaban J connectivity index is 1.60. The van der Waals surface area contributed by atoms with Crippen molar-refractivity contribution in [3.05, 3.63) is 69.9 Å². The number of H-pyrrole nitrogens is 1. The Morgan fingerprint density at radius 3 is 2.62 bits per heavy atom. The molecule has 0 saturated carbocycles. The smallest absolute Gasteiger partial charge is 0.459 e. The van der Waals surface area contributed by atoms with E-state index in [2.05, 4.69) is 10.1 Å². The SMILES string of the molecule is CC(C)OC(=O)[C@H](C)NP(=O)(OC[C@H]1O[C@@H](n2ccc(=O)[nH]c2=S)[C@](C)(O)C1O)Oc1cccc2ccccc12. The van der Waals surface area contributed by atoms with E-state index in [4.69, 9.17) is 30.7 Å². The molecule has 0 bridgehead atoms. The molecule has 0 amide bonds. The van der Waals surface area contributed by atoms with Crippen LogP contribution in [0.4, 0.5) is 0 Å². The van der Waals surface area contributed by atoms with Crippen LogP contribution < -0.4 is 15.2 Å². The number of nitrogens with one attached hydrogen (secondary N) is 2. The molecule has 12 nitrogen and oxygen atoms in total. The van der Waals surface area contributed by atoms with Gasteiger partial charge in [0.1, 0.15) is 29.6 Å². The third kappa shape index (κ3) is 6.52. The zero-order chi connectivity index (χ0) is 29.2. The number of aliphatic hydroxyl groups excluding tert-OH is 1. The highest BCUT2D eigenvalue weighted by atomic mass is 32.1. The Bertz CT molecular complexity index is 1530. The fourth-order valence-corrected chi connectivity index (χ4v) is 6.06. The van der Waals surface area contributed by atoms with Crippen LogP contribution in [-0.2, 0) is 23.4 Å². The number of ether oxygens (including phenoxy) is 2. The highest BCUT2D eigenvalue weighted by Crippen LogP contribution is 2.48. The van der Waals surface area contributed by atoms with Gasteiger partial charge in [0.15, 0.2) is 11.0 Å². The molecule has 216 valence electrons. The van der Waals surface area contributed by atoms with E-state index in [9.17, 15) is 24.4 Å². The number of carbonyl (C=O) groups excluding carboxylic acids is 1. The minimum atomic E-state index is -4.33. The number of hydrogen-bond donors (Lipinski definition) is 4. The number of aromatic amines is 1. The van der Waals surface area contributed by atoms with Gasteiger partial charge < -0.3 is 24.2 Å². The van der Waals surface area contributed by atoms with Crippen molar-refractivity contribution in [2.24, 2.45) is 0 Å². The lowest BCUT2D eigenvalue weighted by Crippen LogP contribution is -2.45. The van der Waals surface area contributed by atoms with Gasteiger partial charge in [0.05, 0.1) is 12.7 Å². The molecule has 4 rings (SSSR count). The molecule has 0 aliphatic carbocycles. The molecule has 0 radical (unpaired) electrons. The Hall–Kier alpha value is -2.90. The number of aliphatic hydroxyl groups is 2. The third-order valence-electron chi connectivity index (χ3n) is 6.29. The summed E-state index contributed by atoms with van der Waals surface area (Å²) in [5, 5.41) is 26.0. The van der Waals surface area contributed by atoms with Crippen molar-refractivity contribution in [3.63, 3.8) is 0 Å². The van der Waals surface area contributed by atoms with Crippen LogP contribution in [0.25, 0.3) is 10.8 Å². The lowest BCUT2D eigenvalue weighted by Gasteiger charge is -2.28. The van der Waals surface area contributed by atoms with Crippen molar-refractivity contribution in [1.82, 2.24) is 14.6 Å². The van der Waals surface area contributed by atoms with Gasteiger partial charge >= 0.3 is 13.7 Å². The van der Waals surface area contributed by atoms with Crippen molar-refractivity contribution in [2.75, 3.05) is 6.61 Å². The molecule has 40 heavy (non-hydrogen) atoms. The summed E-state index contributed by atoms with van der Waals surface area (Å²) in [6, 6.07) is 12.6. The predicted molar refractivity (Wildman–Crippen MR) is 148 cm³/mol. The highest BCUT2D eigenvalue weighted by molar-refractivity contribution is 7.71. The maximum absolute atomic E-state index is 14.1. The molecule has 1 fully saturated rings. The summed E-state index contributed by atoms with van der Waals surface area (Å²) in [7, 11) is -4.33. The summed E-state index contributed by atoms with van der Waals surface area (Å²) in [4.78, 5) is 26.5. The van der Waals surface area contributed by atoms with Gasteiger partial charge in [-0.1, -0.05) is 36.4 Å². The van der Waals surface area contributed by atoms with E-state index in [1.54, 1.807) is 38.1 Å². The van der Waals surface area contributed by atoms with Crippen molar-refractivity contribution >= 4 is 36.7 Å². The minimum Gasteiger partial charge on any atom is -0.462 e. The first-order valence-electron chi connectivity index (χ1n) is 12.6. The maximum Gasteiger partial charge on any atom is 0.459 e. The minimum absolute atomic E-state index is 0.0318. The van der Waals surface area contributed by atoms with Crippen LogP contribution in [0.15, 0.2) is 59.5 Å². The van der Waals surface area contributed by atoms with Gasteiger partial charge in [0.2, 0.25) is 0 Å². The van der Waals surface area contributed by atoms with E-state index in [0.717, 1.165) is 5.39 Å². The van der Waals surface area contributed by atoms with Crippen LogP contribution in [0.1, 0.15) is 33.9 Å². The van der Waals surface area contributed by atoms with Gasteiger partial charge in [-0.15, -0.1) is 0 Å². The molecule has 6 atom stereocenters. The number of esters is 1. The highest BCUT2D eigenvalue weighted by Gasteiger charge is 2.54. The Kier molecular flexibility index (Phi) is 8.96. The van der Waals surface area contributed by atoms with Crippen LogP contribution in [0.5, 0.6) is 5.75 Å². The second-order valence-electron chi connectivity index (χ2n) is 9.91. The largest absolute Gasteiger partial charge is 0.462 e. The lowest BCUT2D eigenvalue weighted by molar-refractivity contribution is -0.149. The van der Waals surface area contributed by atoms with E-state index in [1.807, 2.05) is 18.2 Å². The van der Waals surface area contributed by atoms with Crippen LogP contribution in [0.2, 0.25) is 0 Å². The number of rotatable bonds is 10. The van der Waals surface area contributed by atoms with Gasteiger partial charge in [0, 0.05) is 17.6 Å². The van der Waals surface area contributed by atoms with E-state index in [1.165, 1.54) is 30.7 Å². The van der Waals surface area contributed by atoms with Crippen molar-refractivity contribution in [3.8, 4) is 5.75 Å². The Morgan fingerprint density at radius 2 is 1.93 bits per heavy atom. The van der Waals surface area contributed by atoms with Gasteiger partial charge in [-0.05, 0) is 51.4 Å². The third-order valence-corrected chi connectivity index (χ3v) is 8.23. The summed E-state index contributed by atoms with van der Waals surface area (Å²) in [5.74, 6) is -0.441. The zero-order valence-electron chi connectivity index (χ0n) is 22.3. The first-order chi connectivity index (χ1) is 18.8. The number of fused-ring (bicyclic) bond motifs is 1. The first kappa shape index (κ1) is 30.1. The summed E-state index contributed by atoms with van der Waals surface area (Å²) in [5.41, 5.74) is -2.31. The topological polar surface area (TPSA) is 161 Å². The molecule has 3 aromatic rings. The summed E-state index contributed by atoms with van der Waals surface area (Å²) < 4.78 is 38.0. The molecule has 1 aliphatic rings. The molecule has 0 spiro atoms. The van der Waals surface area contributed by atoms with Gasteiger partial charge in [0.25, 0.3) is 5.56 Å². The van der Waals surface area contributed by atoms with Crippen LogP contribution in [0.3, 0.4) is 0 Å². The lowest BCUT2D eigenvalue weighted by atomic mass is 9.96. The molecule has 14 heteroatoms. The summed E-state index contributed by atoms with van der Waals surface area (Å²) >= 11 is 5.18. The molecule has 1 aliphatic heterocycles. The van der Waals surface area contributed by atoms with Gasteiger partial charge in [-0.3, -0.25) is 23.7 Å². The zero-order valence-corrected chi connectivity index (χ0v) is 24.1.